The molecule has 2 aliphatic rings. The number of amides is 1. The highest BCUT2D eigenvalue weighted by Gasteiger charge is 2.37. The molecule has 0 saturated carbocycles. The van der Waals surface area contributed by atoms with Crippen molar-refractivity contribution in [3.05, 3.63) is 17.9 Å². The van der Waals surface area contributed by atoms with Gasteiger partial charge in [0.05, 0.1) is 13.2 Å². The summed E-state index contributed by atoms with van der Waals surface area (Å²) in [5, 5.41) is -0.169. The molecule has 0 aromatic carbocycles. The highest BCUT2D eigenvalue weighted by atomic mass is 32.2. The second kappa shape index (κ2) is 6.26. The number of ether oxygens (including phenoxy) is 1. The Morgan fingerprint density at radius 2 is 1.91 bits per heavy atom. The first kappa shape index (κ1) is 16.5. The Morgan fingerprint density at radius 1 is 1.22 bits per heavy atom. The number of hydrogen-bond donors (Lipinski definition) is 0. The molecule has 128 valence electrons. The molecule has 3 rings (SSSR count). The molecule has 1 aromatic rings. The zero-order valence-electron chi connectivity index (χ0n) is 13.4. The summed E-state index contributed by atoms with van der Waals surface area (Å²) in [7, 11) is -3.44. The van der Waals surface area contributed by atoms with Crippen molar-refractivity contribution >= 4 is 15.7 Å². The maximum Gasteiger partial charge on any atom is 0.289 e. The number of rotatable bonds is 3. The Hall–Kier alpha value is -1.38. The number of nitrogens with zero attached hydrogens (tertiary/aromatic N) is 2. The van der Waals surface area contributed by atoms with Crippen LogP contribution >= 0.6 is 0 Å². The van der Waals surface area contributed by atoms with Crippen molar-refractivity contribution in [2.24, 2.45) is 5.92 Å². The average Bonchev–Trinajstić information content (AvgIpc) is 3.14. The number of likely N-dealkylation sites (tertiary alicyclic amines) is 1. The van der Waals surface area contributed by atoms with E-state index in [2.05, 4.69) is 11.8 Å². The van der Waals surface area contributed by atoms with Gasteiger partial charge in [0, 0.05) is 38.5 Å². The van der Waals surface area contributed by atoms with Gasteiger partial charge >= 0.3 is 0 Å². The van der Waals surface area contributed by atoms with Crippen LogP contribution in [0.2, 0.25) is 0 Å². The zero-order valence-corrected chi connectivity index (χ0v) is 14.2. The van der Waals surface area contributed by atoms with Gasteiger partial charge in [-0.3, -0.25) is 9.69 Å². The number of sulfone groups is 1. The lowest BCUT2D eigenvalue weighted by Gasteiger charge is -2.33. The van der Waals surface area contributed by atoms with Gasteiger partial charge in [0.2, 0.25) is 14.9 Å². The maximum atomic E-state index is 12.6. The highest BCUT2D eigenvalue weighted by Crippen LogP contribution is 2.25. The molecular formula is C15H22N2O5S. The summed E-state index contributed by atoms with van der Waals surface area (Å²) in [5.41, 5.74) is 0. The minimum absolute atomic E-state index is 0.0836. The van der Waals surface area contributed by atoms with Crippen LogP contribution in [0, 0.1) is 5.92 Å². The van der Waals surface area contributed by atoms with E-state index in [9.17, 15) is 13.2 Å². The van der Waals surface area contributed by atoms with E-state index < -0.39 is 9.84 Å². The molecule has 0 unspecified atom stereocenters. The van der Waals surface area contributed by atoms with Crippen LogP contribution in [0.1, 0.15) is 17.5 Å². The van der Waals surface area contributed by atoms with Gasteiger partial charge in [0.1, 0.15) is 0 Å². The Kier molecular flexibility index (Phi) is 4.48. The third-order valence-electron chi connectivity index (χ3n) is 4.53. The smallest absolute Gasteiger partial charge is 0.289 e. The highest BCUT2D eigenvalue weighted by molar-refractivity contribution is 7.90. The van der Waals surface area contributed by atoms with Crippen LogP contribution in [0.15, 0.2) is 21.6 Å². The molecule has 0 bridgehead atoms. The summed E-state index contributed by atoms with van der Waals surface area (Å²) in [6.07, 6.45) is 1.06. The molecule has 0 aliphatic carbocycles. The summed E-state index contributed by atoms with van der Waals surface area (Å²) >= 11 is 0. The van der Waals surface area contributed by atoms with E-state index in [1.165, 1.54) is 12.1 Å². The molecule has 2 fully saturated rings. The maximum absolute atomic E-state index is 12.6. The zero-order chi connectivity index (χ0) is 16.6. The first-order chi connectivity index (χ1) is 10.9. The van der Waals surface area contributed by atoms with Gasteiger partial charge in [-0.25, -0.2) is 8.42 Å². The lowest BCUT2D eigenvalue weighted by atomic mass is 10.0. The van der Waals surface area contributed by atoms with Crippen LogP contribution in [0.4, 0.5) is 0 Å². The van der Waals surface area contributed by atoms with E-state index in [-0.39, 0.29) is 16.8 Å². The second-order valence-corrected chi connectivity index (χ2v) is 8.24. The Balaban J connectivity index is 1.70. The van der Waals surface area contributed by atoms with E-state index in [1.54, 1.807) is 4.90 Å². The molecule has 0 N–H and O–H groups in total. The average molecular weight is 342 g/mol. The Morgan fingerprint density at radius 3 is 2.52 bits per heavy atom. The molecule has 0 radical (unpaired) electrons. The monoisotopic (exact) mass is 342 g/mol. The van der Waals surface area contributed by atoms with Gasteiger partial charge < -0.3 is 14.1 Å². The number of furan rings is 1. The summed E-state index contributed by atoms with van der Waals surface area (Å²) < 4.78 is 33.5. The normalized spacial score (nSPS) is 26.6. The third kappa shape index (κ3) is 3.44. The molecule has 2 saturated heterocycles. The van der Waals surface area contributed by atoms with Crippen LogP contribution in [0.5, 0.6) is 0 Å². The SMILES string of the molecule is C[C@H]1CN(C(=O)c2ccc(S(C)(=O)=O)o2)C[C@H]1N1CCOCC1. The first-order valence-corrected chi connectivity index (χ1v) is 9.66. The Labute approximate surface area is 136 Å². The number of morpholine rings is 1. The topological polar surface area (TPSA) is 80.1 Å². The van der Waals surface area contributed by atoms with Crippen molar-refractivity contribution in [1.29, 1.82) is 0 Å². The molecular weight excluding hydrogens is 320 g/mol. The lowest BCUT2D eigenvalue weighted by molar-refractivity contribution is 0.0118. The van der Waals surface area contributed by atoms with Crippen LogP contribution in [-0.4, -0.2) is 75.8 Å². The summed E-state index contributed by atoms with van der Waals surface area (Å²) in [5.74, 6) is 0.198. The van der Waals surface area contributed by atoms with E-state index in [1.807, 2.05) is 0 Å². The molecule has 7 nitrogen and oxygen atoms in total. The van der Waals surface area contributed by atoms with Gasteiger partial charge in [0.25, 0.3) is 5.91 Å². The summed E-state index contributed by atoms with van der Waals surface area (Å²) in [4.78, 5) is 16.7. The number of carbonyl (C=O) groups excluding carboxylic acids is 1. The van der Waals surface area contributed by atoms with Crippen molar-refractivity contribution in [2.75, 3.05) is 45.6 Å². The fourth-order valence-corrected chi connectivity index (χ4v) is 3.85. The van der Waals surface area contributed by atoms with Gasteiger partial charge in [-0.15, -0.1) is 0 Å². The standard InChI is InChI=1S/C15H22N2O5S/c1-11-9-17(10-12(11)16-5-7-21-8-6-16)15(18)13-3-4-14(22-13)23(2,19)20/h3-4,11-12H,5-10H2,1-2H3/t11-,12+/m0/s1. The van der Waals surface area contributed by atoms with Crippen LogP contribution in [-0.2, 0) is 14.6 Å². The van der Waals surface area contributed by atoms with Gasteiger partial charge in [0.15, 0.2) is 5.76 Å². The fraction of sp³-hybridized carbons (Fsp3) is 0.667. The van der Waals surface area contributed by atoms with Crippen LogP contribution in [0.25, 0.3) is 0 Å². The summed E-state index contributed by atoms with van der Waals surface area (Å²) in [6, 6.07) is 3.08. The van der Waals surface area contributed by atoms with Gasteiger partial charge in [-0.2, -0.15) is 0 Å². The number of carbonyl (C=O) groups is 1. The molecule has 0 spiro atoms. The van der Waals surface area contributed by atoms with Crippen LogP contribution in [0.3, 0.4) is 0 Å². The third-order valence-corrected chi connectivity index (χ3v) is 5.48. The predicted octanol–water partition coefficient (Wildman–Crippen LogP) is 0.476. The van der Waals surface area contributed by atoms with E-state index in [4.69, 9.17) is 9.15 Å². The van der Waals surface area contributed by atoms with Crippen molar-refractivity contribution < 1.29 is 22.4 Å². The largest absolute Gasteiger partial charge is 0.440 e. The molecule has 8 heteroatoms. The molecule has 23 heavy (non-hydrogen) atoms. The minimum Gasteiger partial charge on any atom is -0.440 e. The predicted molar refractivity (Wildman–Crippen MR) is 83.1 cm³/mol. The first-order valence-electron chi connectivity index (χ1n) is 7.77. The fourth-order valence-electron chi connectivity index (χ4n) is 3.29. The van der Waals surface area contributed by atoms with E-state index >= 15 is 0 Å². The van der Waals surface area contributed by atoms with Crippen molar-refractivity contribution in [2.45, 2.75) is 18.1 Å². The van der Waals surface area contributed by atoms with Gasteiger partial charge in [-0.05, 0) is 18.1 Å². The minimum atomic E-state index is -3.44. The van der Waals surface area contributed by atoms with E-state index in [0.29, 0.717) is 25.0 Å². The second-order valence-electron chi connectivity index (χ2n) is 6.29. The van der Waals surface area contributed by atoms with Crippen molar-refractivity contribution in [3.8, 4) is 0 Å². The molecule has 2 aliphatic heterocycles. The number of hydrogen-bond acceptors (Lipinski definition) is 6. The van der Waals surface area contributed by atoms with Crippen molar-refractivity contribution in [3.63, 3.8) is 0 Å². The van der Waals surface area contributed by atoms with Gasteiger partial charge in [-0.1, -0.05) is 6.92 Å². The summed E-state index contributed by atoms with van der Waals surface area (Å²) in [6.45, 7) is 6.65. The van der Waals surface area contributed by atoms with E-state index in [0.717, 1.165) is 32.6 Å². The molecule has 1 aromatic heterocycles. The molecule has 2 atom stereocenters. The molecule has 1 amide bonds. The lowest BCUT2D eigenvalue weighted by Crippen LogP contribution is -2.47. The Bertz CT molecular complexity index is 678. The van der Waals surface area contributed by atoms with Crippen molar-refractivity contribution in [1.82, 2.24) is 9.80 Å². The molecule has 3 heterocycles. The van der Waals surface area contributed by atoms with Crippen LogP contribution < -0.4 is 0 Å². The quantitative estimate of drug-likeness (QED) is 0.795.